The number of rotatable bonds is 3. The first-order valence-electron chi connectivity index (χ1n) is 9.61. The number of esters is 1. The van der Waals surface area contributed by atoms with Gasteiger partial charge in [0.2, 0.25) is 0 Å². The molecule has 0 N–H and O–H groups in total. The zero-order valence-electron chi connectivity index (χ0n) is 17.0. The Kier molecular flexibility index (Phi) is 4.35. The summed E-state index contributed by atoms with van der Waals surface area (Å²) in [5.41, 5.74) is 9.93. The van der Waals surface area contributed by atoms with Crippen molar-refractivity contribution in [3.8, 4) is 12.3 Å². The van der Waals surface area contributed by atoms with Crippen LogP contribution in [0.2, 0.25) is 0 Å². The quantitative estimate of drug-likeness (QED) is 0.473. The van der Waals surface area contributed by atoms with Gasteiger partial charge in [-0.15, -0.1) is 6.42 Å². The van der Waals surface area contributed by atoms with E-state index in [0.29, 0.717) is 5.56 Å². The highest BCUT2D eigenvalue weighted by Crippen LogP contribution is 2.39. The fourth-order valence-corrected chi connectivity index (χ4v) is 4.72. The van der Waals surface area contributed by atoms with Crippen molar-refractivity contribution in [3.05, 3.63) is 75.8 Å². The Morgan fingerprint density at radius 2 is 2.00 bits per heavy atom. The van der Waals surface area contributed by atoms with Crippen LogP contribution in [0.4, 0.5) is 0 Å². The number of aryl methyl sites for hydroxylation is 2. The van der Waals surface area contributed by atoms with Crippen molar-refractivity contribution < 1.29 is 14.0 Å². The van der Waals surface area contributed by atoms with E-state index in [1.54, 1.807) is 0 Å². The van der Waals surface area contributed by atoms with Gasteiger partial charge in [-0.3, -0.25) is 0 Å². The van der Waals surface area contributed by atoms with Crippen LogP contribution in [0.3, 0.4) is 0 Å². The molecule has 0 atom stereocenters. The van der Waals surface area contributed by atoms with Gasteiger partial charge in [0.05, 0.1) is 11.1 Å². The molecule has 0 spiro atoms. The number of terminal acetylenes is 1. The molecule has 4 rings (SSSR count). The molecule has 0 unspecified atom stereocenters. The van der Waals surface area contributed by atoms with Crippen LogP contribution in [0.1, 0.15) is 46.7 Å². The van der Waals surface area contributed by atoms with E-state index in [4.69, 9.17) is 11.2 Å². The molecule has 2 aliphatic heterocycles. The Morgan fingerprint density at radius 3 is 2.75 bits per heavy atom. The number of nitrogens with zero attached hydrogens (tertiary/aromatic N) is 2. The van der Waals surface area contributed by atoms with E-state index in [0.717, 1.165) is 11.1 Å². The standard InChI is InChI=1S/C23H23BN2O2/c1-6-11-28-23(27)19-10-8-7-9-18(19)20-21-14(2)12-16(4)25(21)24-26-17(5)13-15(3)22(20)26/h1,7-10,12-13H,11,24H2,2-5H3. The second-order valence-corrected chi connectivity index (χ2v) is 7.65. The third kappa shape index (κ3) is 2.65. The SMILES string of the molecule is C#CCOC(=O)c1ccccc1C1=C2C(C)=CC(C)=[N+]2[BH2-]n2c(C)cc(C)c21. The molecule has 1 aromatic heterocycles. The van der Waals surface area contributed by atoms with E-state index in [-0.39, 0.29) is 12.6 Å². The number of hydrogen-bond donors (Lipinski definition) is 0. The smallest absolute Gasteiger partial charge is 0.353 e. The summed E-state index contributed by atoms with van der Waals surface area (Å²) < 4.78 is 10.1. The largest absolute Gasteiger partial charge is 0.464 e. The predicted molar refractivity (Wildman–Crippen MR) is 114 cm³/mol. The molecule has 0 bridgehead atoms. The van der Waals surface area contributed by atoms with Crippen molar-refractivity contribution in [1.29, 1.82) is 0 Å². The number of carbonyl (C=O) groups excluding carboxylic acids is 1. The minimum absolute atomic E-state index is 0.0300. The van der Waals surface area contributed by atoms with Crippen molar-refractivity contribution in [1.82, 2.24) is 4.48 Å². The maximum Gasteiger partial charge on any atom is 0.353 e. The number of benzene rings is 1. The summed E-state index contributed by atoms with van der Waals surface area (Å²) in [6.45, 7) is 8.57. The molecule has 2 aromatic rings. The van der Waals surface area contributed by atoms with Gasteiger partial charge >= 0.3 is 13.5 Å². The second kappa shape index (κ2) is 6.72. The third-order valence-corrected chi connectivity index (χ3v) is 5.90. The van der Waals surface area contributed by atoms with E-state index in [9.17, 15) is 4.79 Å². The van der Waals surface area contributed by atoms with Gasteiger partial charge in [0, 0.05) is 29.8 Å². The maximum atomic E-state index is 12.7. The molecular formula is C23H23BN2O2. The molecule has 3 heterocycles. The Morgan fingerprint density at radius 1 is 1.25 bits per heavy atom. The normalized spacial score (nSPS) is 15.2. The van der Waals surface area contributed by atoms with Gasteiger partial charge in [-0.1, -0.05) is 24.1 Å². The van der Waals surface area contributed by atoms with Crippen molar-refractivity contribution in [2.24, 2.45) is 0 Å². The zero-order valence-corrected chi connectivity index (χ0v) is 17.0. The fourth-order valence-electron chi connectivity index (χ4n) is 4.72. The molecule has 0 amide bonds. The molecule has 1 aromatic carbocycles. The minimum Gasteiger partial charge on any atom is -0.464 e. The van der Waals surface area contributed by atoms with E-state index >= 15 is 0 Å². The molecule has 0 aliphatic carbocycles. The van der Waals surface area contributed by atoms with Crippen LogP contribution in [0.25, 0.3) is 5.57 Å². The maximum absolute atomic E-state index is 12.7. The Hall–Kier alpha value is -3.26. The van der Waals surface area contributed by atoms with Crippen molar-refractivity contribution in [2.45, 2.75) is 27.7 Å². The molecule has 28 heavy (non-hydrogen) atoms. The highest BCUT2D eigenvalue weighted by Gasteiger charge is 2.34. The van der Waals surface area contributed by atoms with Crippen LogP contribution in [-0.4, -0.2) is 34.8 Å². The summed E-state index contributed by atoms with van der Waals surface area (Å²) in [4.78, 5) is 12.7. The fraction of sp³-hybridized carbons (Fsp3) is 0.217. The van der Waals surface area contributed by atoms with Crippen LogP contribution in [0.15, 0.2) is 47.7 Å². The summed E-state index contributed by atoms with van der Waals surface area (Å²) in [6, 6.07) is 9.88. The van der Waals surface area contributed by atoms with Gasteiger partial charge in [-0.05, 0) is 44.2 Å². The van der Waals surface area contributed by atoms with E-state index in [1.165, 1.54) is 33.9 Å². The first kappa shape index (κ1) is 18.1. The van der Waals surface area contributed by atoms with Gasteiger partial charge in [0.25, 0.3) is 0 Å². The highest BCUT2D eigenvalue weighted by atomic mass is 16.5. The molecule has 0 saturated carbocycles. The number of fused-ring (bicyclic) bond motifs is 2. The lowest BCUT2D eigenvalue weighted by Gasteiger charge is -2.29. The average Bonchev–Trinajstić information content (AvgIpc) is 3.13. The van der Waals surface area contributed by atoms with Gasteiger partial charge < -0.3 is 13.7 Å². The van der Waals surface area contributed by atoms with Crippen LogP contribution < -0.4 is 0 Å². The third-order valence-electron chi connectivity index (χ3n) is 5.90. The Bertz CT molecular complexity index is 1160. The molecule has 140 valence electrons. The Labute approximate surface area is 166 Å². The number of hydrogen-bond acceptors (Lipinski definition) is 2. The Balaban J connectivity index is 2.03. The summed E-state index contributed by atoms with van der Waals surface area (Å²) >= 11 is 0. The first-order chi connectivity index (χ1) is 13.4. The first-order valence-corrected chi connectivity index (χ1v) is 9.61. The molecular weight excluding hydrogens is 347 g/mol. The lowest BCUT2D eigenvalue weighted by molar-refractivity contribution is -0.315. The van der Waals surface area contributed by atoms with Crippen molar-refractivity contribution in [2.75, 3.05) is 6.61 Å². The van der Waals surface area contributed by atoms with Gasteiger partial charge in [-0.25, -0.2) is 4.79 Å². The molecule has 2 aliphatic rings. The topological polar surface area (TPSA) is 34.2 Å². The van der Waals surface area contributed by atoms with Gasteiger partial charge in [0.15, 0.2) is 12.3 Å². The molecule has 0 fully saturated rings. The lowest BCUT2D eigenvalue weighted by Crippen LogP contribution is -2.32. The summed E-state index contributed by atoms with van der Waals surface area (Å²) in [5.74, 6) is 1.98. The zero-order chi connectivity index (χ0) is 20.0. The van der Waals surface area contributed by atoms with E-state index in [2.05, 4.69) is 54.7 Å². The number of ether oxygens (including phenoxy) is 1. The lowest BCUT2D eigenvalue weighted by atomic mass is 9.87. The van der Waals surface area contributed by atoms with Crippen LogP contribution in [0.5, 0.6) is 0 Å². The summed E-state index contributed by atoms with van der Waals surface area (Å²) in [6.07, 6.45) is 7.50. The number of allylic oxidation sites excluding steroid dienone is 2. The van der Waals surface area contributed by atoms with E-state index in [1.807, 2.05) is 24.3 Å². The highest BCUT2D eigenvalue weighted by molar-refractivity contribution is 6.29. The van der Waals surface area contributed by atoms with Gasteiger partial charge in [0.1, 0.15) is 5.71 Å². The number of carbonyl (C=O) groups is 1. The predicted octanol–water partition coefficient (Wildman–Crippen LogP) is 2.95. The summed E-state index contributed by atoms with van der Waals surface area (Å²) in [7, 11) is -0.573. The van der Waals surface area contributed by atoms with E-state index < -0.39 is 7.55 Å². The minimum atomic E-state index is -0.573. The monoisotopic (exact) mass is 370 g/mol. The van der Waals surface area contributed by atoms with Crippen LogP contribution in [-0.2, 0) is 4.74 Å². The van der Waals surface area contributed by atoms with Crippen LogP contribution in [0, 0.1) is 26.2 Å². The average molecular weight is 370 g/mol. The molecule has 5 heteroatoms. The van der Waals surface area contributed by atoms with Crippen molar-refractivity contribution in [3.63, 3.8) is 0 Å². The van der Waals surface area contributed by atoms with Gasteiger partial charge in [-0.2, -0.15) is 0 Å². The molecule has 0 saturated heterocycles. The second-order valence-electron chi connectivity index (χ2n) is 7.65. The number of aromatic nitrogens is 1. The van der Waals surface area contributed by atoms with Crippen LogP contribution >= 0.6 is 0 Å². The molecule has 0 radical (unpaired) electrons. The summed E-state index contributed by atoms with van der Waals surface area (Å²) in [5, 5.41) is 0. The molecule has 4 nitrogen and oxygen atoms in total. The van der Waals surface area contributed by atoms with Crippen molar-refractivity contribution >= 4 is 24.8 Å².